The fraction of sp³-hybridized carbons (Fsp3) is 0.450. The van der Waals surface area contributed by atoms with Crippen LogP contribution in [0.3, 0.4) is 0 Å². The fourth-order valence-corrected chi connectivity index (χ4v) is 3.36. The summed E-state index contributed by atoms with van der Waals surface area (Å²) >= 11 is 5.93. The minimum Gasteiger partial charge on any atom is -0.444 e. The van der Waals surface area contributed by atoms with Gasteiger partial charge in [-0.05, 0) is 57.4 Å². The minimum atomic E-state index is -0.482. The molecule has 3 N–H and O–H groups in total. The number of nitrogens with zero attached hydrogens (tertiary/aromatic N) is 3. The Morgan fingerprint density at radius 2 is 1.86 bits per heavy atom. The molecule has 1 amide bonds. The van der Waals surface area contributed by atoms with E-state index < -0.39 is 5.60 Å². The number of carbonyl (C=O) groups is 1. The fourth-order valence-electron chi connectivity index (χ4n) is 3.22. The number of piperidine rings is 1. The van der Waals surface area contributed by atoms with E-state index in [4.69, 9.17) is 22.1 Å². The molecule has 0 saturated carbocycles. The molecule has 7 nitrogen and oxygen atoms in total. The molecule has 3 rings (SSSR count). The number of amides is 1. The zero-order valence-corrected chi connectivity index (χ0v) is 17.2. The summed E-state index contributed by atoms with van der Waals surface area (Å²) < 4.78 is 5.33. The number of halogens is 1. The molecule has 0 atom stereocenters. The Hall–Kier alpha value is -2.54. The van der Waals surface area contributed by atoms with Gasteiger partial charge in [0, 0.05) is 30.4 Å². The number of nitrogen functional groups attached to an aromatic ring is 1. The van der Waals surface area contributed by atoms with Gasteiger partial charge in [-0.25, -0.2) is 4.79 Å². The van der Waals surface area contributed by atoms with E-state index in [1.165, 1.54) is 0 Å². The third-order valence-corrected chi connectivity index (χ3v) is 4.74. The van der Waals surface area contributed by atoms with Gasteiger partial charge in [0.05, 0.1) is 0 Å². The van der Waals surface area contributed by atoms with E-state index in [-0.39, 0.29) is 12.1 Å². The molecule has 1 aliphatic rings. The highest BCUT2D eigenvalue weighted by Gasteiger charge is 2.23. The van der Waals surface area contributed by atoms with Gasteiger partial charge in [0.25, 0.3) is 0 Å². The third-order valence-electron chi connectivity index (χ3n) is 4.55. The lowest BCUT2D eigenvalue weighted by molar-refractivity contribution is 0.0497. The van der Waals surface area contributed by atoms with Crippen molar-refractivity contribution in [2.45, 2.75) is 45.3 Å². The molecule has 1 aliphatic heterocycles. The molecule has 0 unspecified atom stereocenters. The monoisotopic (exact) mass is 403 g/mol. The first-order valence-corrected chi connectivity index (χ1v) is 9.73. The summed E-state index contributed by atoms with van der Waals surface area (Å²) in [6.07, 6.45) is 1.40. The summed E-state index contributed by atoms with van der Waals surface area (Å²) in [5.41, 5.74) is 8.27. The number of benzene rings is 1. The zero-order valence-electron chi connectivity index (χ0n) is 16.4. The first-order valence-electron chi connectivity index (χ1n) is 9.35. The summed E-state index contributed by atoms with van der Waals surface area (Å²) in [4.78, 5) is 14.2. The van der Waals surface area contributed by atoms with Crippen molar-refractivity contribution in [2.75, 3.05) is 23.7 Å². The number of rotatable bonds is 3. The minimum absolute atomic E-state index is 0.134. The second-order valence-electron chi connectivity index (χ2n) is 7.92. The Kier molecular flexibility index (Phi) is 5.93. The van der Waals surface area contributed by atoms with Crippen molar-refractivity contribution in [3.05, 3.63) is 35.5 Å². The maximum absolute atomic E-state index is 11.9. The second-order valence-corrected chi connectivity index (χ2v) is 8.31. The molecule has 150 valence electrons. The summed E-state index contributed by atoms with van der Waals surface area (Å²) in [5, 5.41) is 10.9. The van der Waals surface area contributed by atoms with Crippen LogP contribution < -0.4 is 16.0 Å². The summed E-state index contributed by atoms with van der Waals surface area (Å²) in [5.74, 6) is 0.353. The molecular weight excluding hydrogens is 378 g/mol. The normalized spacial score (nSPS) is 15.4. The molecule has 0 bridgehead atoms. The number of nitrogens with two attached hydrogens (primary N) is 1. The van der Waals surface area contributed by atoms with Crippen molar-refractivity contribution in [2.24, 2.45) is 0 Å². The molecule has 0 aliphatic carbocycles. The van der Waals surface area contributed by atoms with Crippen molar-refractivity contribution in [1.29, 1.82) is 0 Å². The van der Waals surface area contributed by atoms with Crippen LogP contribution in [0.2, 0.25) is 5.15 Å². The summed E-state index contributed by atoms with van der Waals surface area (Å²) in [6, 6.07) is 9.98. The largest absolute Gasteiger partial charge is 0.444 e. The van der Waals surface area contributed by atoms with Gasteiger partial charge in [0.1, 0.15) is 5.60 Å². The summed E-state index contributed by atoms with van der Waals surface area (Å²) in [7, 11) is 0. The number of anilines is 2. The molecule has 2 aromatic rings. The van der Waals surface area contributed by atoms with Crippen molar-refractivity contribution >= 4 is 29.2 Å². The quantitative estimate of drug-likeness (QED) is 0.807. The van der Waals surface area contributed by atoms with Crippen LogP contribution in [0.5, 0.6) is 0 Å². The van der Waals surface area contributed by atoms with Gasteiger partial charge in [-0.15, -0.1) is 10.2 Å². The predicted octanol–water partition coefficient (Wildman–Crippen LogP) is 3.87. The van der Waals surface area contributed by atoms with E-state index in [0.29, 0.717) is 11.0 Å². The number of hydrogen-bond donors (Lipinski definition) is 2. The predicted molar refractivity (Wildman–Crippen MR) is 111 cm³/mol. The van der Waals surface area contributed by atoms with Gasteiger partial charge in [0.2, 0.25) is 0 Å². The van der Waals surface area contributed by atoms with Gasteiger partial charge in [-0.2, -0.15) is 0 Å². The SMILES string of the molecule is CC(C)(C)OC(=O)NC1CCN(c2ccc(-c3cc(Cl)nnc3N)cc2)CC1. The molecule has 2 heterocycles. The van der Waals surface area contributed by atoms with Gasteiger partial charge < -0.3 is 20.7 Å². The molecule has 1 aromatic heterocycles. The Balaban J connectivity index is 1.58. The lowest BCUT2D eigenvalue weighted by Gasteiger charge is -2.34. The Morgan fingerprint density at radius 1 is 1.21 bits per heavy atom. The maximum Gasteiger partial charge on any atom is 0.407 e. The maximum atomic E-state index is 11.9. The van der Waals surface area contributed by atoms with Gasteiger partial charge >= 0.3 is 6.09 Å². The third kappa shape index (κ3) is 5.25. The first kappa shape index (κ1) is 20.2. The molecule has 8 heteroatoms. The molecule has 1 saturated heterocycles. The van der Waals surface area contributed by atoms with Crippen molar-refractivity contribution in [3.8, 4) is 11.1 Å². The topological polar surface area (TPSA) is 93.4 Å². The summed E-state index contributed by atoms with van der Waals surface area (Å²) in [6.45, 7) is 7.32. The van der Waals surface area contributed by atoms with Crippen molar-refractivity contribution in [1.82, 2.24) is 15.5 Å². The van der Waals surface area contributed by atoms with Crippen LogP contribution in [0.15, 0.2) is 30.3 Å². The Labute approximate surface area is 170 Å². The first-order chi connectivity index (χ1) is 13.2. The van der Waals surface area contributed by atoms with Crippen LogP contribution >= 0.6 is 11.6 Å². The Bertz CT molecular complexity index is 827. The highest BCUT2D eigenvalue weighted by molar-refractivity contribution is 6.29. The van der Waals surface area contributed by atoms with Crippen LogP contribution in [-0.2, 0) is 4.74 Å². The van der Waals surface area contributed by atoms with Crippen LogP contribution in [0.4, 0.5) is 16.3 Å². The highest BCUT2D eigenvalue weighted by atomic mass is 35.5. The van der Waals surface area contributed by atoms with Gasteiger partial charge in [-0.3, -0.25) is 0 Å². The standard InChI is InChI=1S/C20H26ClN5O2/c1-20(2,3)28-19(27)23-14-8-10-26(11-9-14)15-6-4-13(5-7-15)16-12-17(21)24-25-18(16)22/h4-7,12,14H,8-11H2,1-3H3,(H2,22,25)(H,23,27). The van der Waals surface area contributed by atoms with E-state index in [1.807, 2.05) is 32.9 Å². The number of aromatic nitrogens is 2. The van der Waals surface area contributed by atoms with Crippen LogP contribution in [-0.4, -0.2) is 41.0 Å². The van der Waals surface area contributed by atoms with Crippen LogP contribution in [0.25, 0.3) is 11.1 Å². The lowest BCUT2D eigenvalue weighted by Crippen LogP contribution is -2.46. The van der Waals surface area contributed by atoms with Crippen LogP contribution in [0.1, 0.15) is 33.6 Å². The zero-order chi connectivity index (χ0) is 20.3. The molecule has 28 heavy (non-hydrogen) atoms. The number of nitrogens with one attached hydrogen (secondary N) is 1. The van der Waals surface area contributed by atoms with Crippen molar-refractivity contribution in [3.63, 3.8) is 0 Å². The average Bonchev–Trinajstić information content (AvgIpc) is 2.63. The van der Waals surface area contributed by atoms with Crippen molar-refractivity contribution < 1.29 is 9.53 Å². The van der Waals surface area contributed by atoms with E-state index >= 15 is 0 Å². The van der Waals surface area contributed by atoms with E-state index in [2.05, 4.69) is 32.5 Å². The lowest BCUT2D eigenvalue weighted by atomic mass is 10.0. The van der Waals surface area contributed by atoms with Gasteiger partial charge in [0.15, 0.2) is 11.0 Å². The molecule has 1 fully saturated rings. The van der Waals surface area contributed by atoms with E-state index in [1.54, 1.807) is 6.07 Å². The van der Waals surface area contributed by atoms with E-state index in [0.717, 1.165) is 42.7 Å². The number of hydrogen-bond acceptors (Lipinski definition) is 6. The molecule has 0 spiro atoms. The molecule has 0 radical (unpaired) electrons. The second kappa shape index (κ2) is 8.22. The smallest absolute Gasteiger partial charge is 0.407 e. The highest BCUT2D eigenvalue weighted by Crippen LogP contribution is 2.29. The Morgan fingerprint density at radius 3 is 2.46 bits per heavy atom. The number of ether oxygens (including phenoxy) is 1. The molecule has 1 aromatic carbocycles. The average molecular weight is 404 g/mol. The van der Waals surface area contributed by atoms with E-state index in [9.17, 15) is 4.79 Å². The van der Waals surface area contributed by atoms with Crippen LogP contribution in [0, 0.1) is 0 Å². The number of carbonyl (C=O) groups excluding carboxylic acids is 1. The molecular formula is C20H26ClN5O2. The number of alkyl carbamates (subject to hydrolysis) is 1. The van der Waals surface area contributed by atoms with Gasteiger partial charge in [-0.1, -0.05) is 23.7 Å².